The molecule has 0 aliphatic rings. The molecular formula is C13H16NO3. The predicted octanol–water partition coefficient (Wildman–Crippen LogP) is 2.39. The van der Waals surface area contributed by atoms with E-state index in [4.69, 9.17) is 14.2 Å². The van der Waals surface area contributed by atoms with E-state index in [9.17, 15) is 0 Å². The van der Waals surface area contributed by atoms with Gasteiger partial charge in [0.05, 0.1) is 26.8 Å². The van der Waals surface area contributed by atoms with Gasteiger partial charge in [-0.1, -0.05) is 0 Å². The Kier molecular flexibility index (Phi) is 2.88. The van der Waals surface area contributed by atoms with Gasteiger partial charge in [-0.05, 0) is 13.0 Å². The number of fused-ring (bicyclic) bond motifs is 1. The normalized spacial score (nSPS) is 10.6. The lowest BCUT2D eigenvalue weighted by Gasteiger charge is -2.13. The lowest BCUT2D eigenvalue weighted by molar-refractivity contribution is 0.327. The van der Waals surface area contributed by atoms with Crippen molar-refractivity contribution in [3.05, 3.63) is 24.8 Å². The quantitative estimate of drug-likeness (QED) is 0.817. The van der Waals surface area contributed by atoms with Crippen molar-refractivity contribution in [2.45, 2.75) is 0 Å². The molecule has 0 saturated heterocycles. The summed E-state index contributed by atoms with van der Waals surface area (Å²) < 4.78 is 18.0. The zero-order valence-electron chi connectivity index (χ0n) is 10.5. The van der Waals surface area contributed by atoms with Gasteiger partial charge in [0, 0.05) is 24.2 Å². The molecule has 2 aromatic rings. The molecule has 0 atom stereocenters. The number of ether oxygens (including phenoxy) is 3. The maximum absolute atomic E-state index is 5.41. The van der Waals surface area contributed by atoms with Crippen molar-refractivity contribution in [3.63, 3.8) is 0 Å². The van der Waals surface area contributed by atoms with E-state index in [2.05, 4.69) is 6.92 Å². The van der Waals surface area contributed by atoms with Crippen LogP contribution >= 0.6 is 0 Å². The summed E-state index contributed by atoms with van der Waals surface area (Å²) in [6.07, 6.45) is 0. The predicted molar refractivity (Wildman–Crippen MR) is 67.0 cm³/mol. The molecule has 1 aromatic carbocycles. The molecule has 1 aromatic heterocycles. The molecule has 0 N–H and O–H groups in total. The Morgan fingerprint density at radius 3 is 2.18 bits per heavy atom. The van der Waals surface area contributed by atoms with Crippen molar-refractivity contribution in [1.82, 2.24) is 4.57 Å². The number of methoxy groups -OCH3 is 3. The van der Waals surface area contributed by atoms with Crippen LogP contribution in [0.15, 0.2) is 12.1 Å². The fourth-order valence-corrected chi connectivity index (χ4v) is 2.00. The largest absolute Gasteiger partial charge is 0.493 e. The van der Waals surface area contributed by atoms with E-state index in [-0.39, 0.29) is 0 Å². The smallest absolute Gasteiger partial charge is 0.204 e. The van der Waals surface area contributed by atoms with Crippen molar-refractivity contribution < 1.29 is 14.2 Å². The maximum atomic E-state index is 5.41. The van der Waals surface area contributed by atoms with E-state index < -0.39 is 0 Å². The summed E-state index contributed by atoms with van der Waals surface area (Å²) >= 11 is 0. The van der Waals surface area contributed by atoms with E-state index in [1.165, 1.54) is 0 Å². The molecule has 1 heterocycles. The molecule has 17 heavy (non-hydrogen) atoms. The van der Waals surface area contributed by atoms with E-state index >= 15 is 0 Å². The average Bonchev–Trinajstić information content (AvgIpc) is 2.63. The second-order valence-electron chi connectivity index (χ2n) is 3.77. The molecule has 0 saturated carbocycles. The Morgan fingerprint density at radius 1 is 1.00 bits per heavy atom. The first-order valence-electron chi connectivity index (χ1n) is 5.24. The molecule has 1 radical (unpaired) electrons. The highest BCUT2D eigenvalue weighted by atomic mass is 16.5. The van der Waals surface area contributed by atoms with Crippen LogP contribution in [0.4, 0.5) is 0 Å². The summed E-state index contributed by atoms with van der Waals surface area (Å²) in [5.41, 5.74) is 1.91. The molecule has 4 nitrogen and oxygen atoms in total. The molecule has 0 aliphatic carbocycles. The molecule has 4 heteroatoms. The highest BCUT2D eigenvalue weighted by Crippen LogP contribution is 2.43. The first-order chi connectivity index (χ1) is 8.13. The summed E-state index contributed by atoms with van der Waals surface area (Å²) in [7, 11) is 6.78. The maximum Gasteiger partial charge on any atom is 0.204 e. The molecular weight excluding hydrogens is 218 g/mol. The van der Waals surface area contributed by atoms with Crippen LogP contribution < -0.4 is 14.2 Å². The van der Waals surface area contributed by atoms with Crippen LogP contribution in [-0.4, -0.2) is 25.9 Å². The van der Waals surface area contributed by atoms with E-state index in [1.807, 2.05) is 23.7 Å². The first kappa shape index (κ1) is 11.6. The summed E-state index contributed by atoms with van der Waals surface area (Å²) in [6, 6.07) is 3.89. The monoisotopic (exact) mass is 234 g/mol. The molecule has 0 bridgehead atoms. The molecule has 0 amide bonds. The van der Waals surface area contributed by atoms with Gasteiger partial charge in [-0.3, -0.25) is 0 Å². The van der Waals surface area contributed by atoms with Crippen LogP contribution in [0.1, 0.15) is 5.69 Å². The van der Waals surface area contributed by atoms with Crippen LogP contribution in [0, 0.1) is 6.92 Å². The SMILES string of the molecule is [CH2]c1cc2c(OC)c(OC)c(OC)cc2n1C. The average molecular weight is 234 g/mol. The van der Waals surface area contributed by atoms with Gasteiger partial charge in [-0.15, -0.1) is 0 Å². The van der Waals surface area contributed by atoms with Crippen LogP contribution in [0.25, 0.3) is 10.9 Å². The van der Waals surface area contributed by atoms with Gasteiger partial charge in [0.15, 0.2) is 11.5 Å². The van der Waals surface area contributed by atoms with Crippen molar-refractivity contribution >= 4 is 10.9 Å². The van der Waals surface area contributed by atoms with Crippen molar-refractivity contribution in [2.75, 3.05) is 21.3 Å². The molecule has 0 unspecified atom stereocenters. The minimum Gasteiger partial charge on any atom is -0.493 e. The minimum atomic E-state index is 0.605. The number of rotatable bonds is 3. The fraction of sp³-hybridized carbons (Fsp3) is 0.308. The number of nitrogens with zero attached hydrogens (tertiary/aromatic N) is 1. The minimum absolute atomic E-state index is 0.605. The second-order valence-corrected chi connectivity index (χ2v) is 3.77. The van der Waals surface area contributed by atoms with Gasteiger partial charge in [-0.25, -0.2) is 0 Å². The highest BCUT2D eigenvalue weighted by Gasteiger charge is 2.18. The number of hydrogen-bond donors (Lipinski definition) is 0. The molecule has 0 aliphatic heterocycles. The Labute approximate surface area is 101 Å². The molecule has 0 spiro atoms. The Bertz CT molecular complexity index is 558. The molecule has 2 rings (SSSR count). The number of hydrogen-bond acceptors (Lipinski definition) is 3. The van der Waals surface area contributed by atoms with Crippen LogP contribution in [-0.2, 0) is 7.05 Å². The number of benzene rings is 1. The zero-order chi connectivity index (χ0) is 12.6. The van der Waals surface area contributed by atoms with Crippen LogP contribution in [0.5, 0.6) is 17.2 Å². The van der Waals surface area contributed by atoms with Crippen LogP contribution in [0.2, 0.25) is 0 Å². The second kappa shape index (κ2) is 4.20. The number of aryl methyl sites for hydroxylation is 1. The third kappa shape index (κ3) is 1.60. The zero-order valence-corrected chi connectivity index (χ0v) is 10.5. The topological polar surface area (TPSA) is 32.6 Å². The number of aromatic nitrogens is 1. The van der Waals surface area contributed by atoms with Crippen molar-refractivity contribution in [3.8, 4) is 17.2 Å². The first-order valence-corrected chi connectivity index (χ1v) is 5.24. The summed E-state index contributed by atoms with van der Waals surface area (Å²) in [5.74, 6) is 1.93. The van der Waals surface area contributed by atoms with Gasteiger partial charge >= 0.3 is 0 Å². The third-order valence-corrected chi connectivity index (χ3v) is 2.95. The van der Waals surface area contributed by atoms with Gasteiger partial charge < -0.3 is 18.8 Å². The van der Waals surface area contributed by atoms with E-state index in [0.29, 0.717) is 17.2 Å². The van der Waals surface area contributed by atoms with Gasteiger partial charge in [-0.2, -0.15) is 0 Å². The van der Waals surface area contributed by atoms with Crippen LogP contribution in [0.3, 0.4) is 0 Å². The Morgan fingerprint density at radius 2 is 1.65 bits per heavy atom. The Hall–Kier alpha value is -1.84. The fourth-order valence-electron chi connectivity index (χ4n) is 2.00. The van der Waals surface area contributed by atoms with Gasteiger partial charge in [0.1, 0.15) is 0 Å². The third-order valence-electron chi connectivity index (χ3n) is 2.95. The molecule has 91 valence electrons. The van der Waals surface area contributed by atoms with Gasteiger partial charge in [0.2, 0.25) is 5.75 Å². The lowest BCUT2D eigenvalue weighted by atomic mass is 10.2. The summed E-state index contributed by atoms with van der Waals surface area (Å²) in [4.78, 5) is 0. The van der Waals surface area contributed by atoms with E-state index in [0.717, 1.165) is 16.6 Å². The van der Waals surface area contributed by atoms with E-state index in [1.54, 1.807) is 21.3 Å². The lowest BCUT2D eigenvalue weighted by Crippen LogP contribution is -1.96. The standard InChI is InChI=1S/C13H16NO3/c1-8-6-9-10(14(8)2)7-11(15-3)13(17-5)12(9)16-4/h6-7H,1H2,2-5H3. The Balaban J connectivity index is 2.88. The summed E-state index contributed by atoms with van der Waals surface area (Å²) in [5, 5.41) is 0.970. The van der Waals surface area contributed by atoms with Gasteiger partial charge in [0.25, 0.3) is 0 Å². The molecule has 0 fully saturated rings. The van der Waals surface area contributed by atoms with Crippen molar-refractivity contribution in [1.29, 1.82) is 0 Å². The summed E-state index contributed by atoms with van der Waals surface area (Å²) in [6.45, 7) is 3.97. The van der Waals surface area contributed by atoms with Crippen molar-refractivity contribution in [2.24, 2.45) is 7.05 Å². The highest BCUT2D eigenvalue weighted by molar-refractivity contribution is 5.92.